The van der Waals surface area contributed by atoms with Crippen LogP contribution in [0.3, 0.4) is 0 Å². The molecule has 0 aliphatic carbocycles. The number of phenolic OH excluding ortho intramolecular Hbond substituents is 1. The van der Waals surface area contributed by atoms with E-state index in [1.54, 1.807) is 0 Å². The van der Waals surface area contributed by atoms with Crippen LogP contribution in [-0.4, -0.2) is 118 Å². The van der Waals surface area contributed by atoms with Gasteiger partial charge >= 0.3 is 11.9 Å². The smallest absolute Gasteiger partial charge is 0.355 e. The number of hydrogen-bond acceptors (Lipinski definition) is 27. The highest BCUT2D eigenvalue weighted by Crippen LogP contribution is 2.48. The van der Waals surface area contributed by atoms with Crippen molar-refractivity contribution in [2.75, 3.05) is 31.4 Å². The molecule has 1 aliphatic heterocycles. The van der Waals surface area contributed by atoms with Gasteiger partial charge in [0.25, 0.3) is 26.1 Å². The summed E-state index contributed by atoms with van der Waals surface area (Å²) >= 11 is 0.595. The summed E-state index contributed by atoms with van der Waals surface area (Å²) in [6, 6.07) is 10.7. The average Bonchev–Trinajstić information content (AvgIpc) is 3.67. The fraction of sp³-hybridized carbons (Fsp3) is 0.135. The summed E-state index contributed by atoms with van der Waals surface area (Å²) in [5, 5.41) is 102. The number of anilines is 1. The second kappa shape index (κ2) is 23.2. The van der Waals surface area contributed by atoms with Crippen LogP contribution < -0.4 is 14.5 Å². The van der Waals surface area contributed by atoms with Crippen LogP contribution in [0, 0.1) is 0 Å². The molecule has 0 bridgehead atoms. The molecule has 5 aromatic rings. The van der Waals surface area contributed by atoms with E-state index in [9.17, 15) is 65.9 Å². The van der Waals surface area contributed by atoms with Crippen molar-refractivity contribution in [1.82, 2.24) is 0 Å². The maximum absolute atomic E-state index is 13.4. The van der Waals surface area contributed by atoms with Gasteiger partial charge in [0.15, 0.2) is 11.5 Å². The van der Waals surface area contributed by atoms with Crippen LogP contribution in [-0.2, 0) is 48.6 Å². The number of aromatic carboxylic acids is 1. The summed E-state index contributed by atoms with van der Waals surface area (Å²) in [6.45, 7) is -1.74. The van der Waals surface area contributed by atoms with Gasteiger partial charge in [0, 0.05) is 27.8 Å². The van der Waals surface area contributed by atoms with Crippen molar-refractivity contribution in [2.24, 2.45) is 35.8 Å². The Labute approximate surface area is 404 Å². The summed E-state index contributed by atoms with van der Waals surface area (Å²) in [5.41, 5.74) is -3.27. The molecule has 0 spiro atoms. The molecular formula is C37H30N8O22S4. The molecule has 34 heteroatoms. The van der Waals surface area contributed by atoms with Gasteiger partial charge in [0.2, 0.25) is 6.04 Å². The lowest BCUT2D eigenvalue weighted by Crippen LogP contribution is -2.33. The first kappa shape index (κ1) is 53.2. The molecule has 6 rings (SSSR count). The fourth-order valence-corrected chi connectivity index (χ4v) is 8.23. The minimum Gasteiger partial charge on any atom is -0.505 e. The number of aliphatic hydroxyl groups is 2. The number of benzene rings is 5. The van der Waals surface area contributed by atoms with Gasteiger partial charge in [-0.1, -0.05) is 10.1 Å². The molecule has 1 atom stereocenters. The maximum Gasteiger partial charge on any atom is 0.355 e. The van der Waals surface area contributed by atoms with E-state index in [0.717, 1.165) is 54.6 Å². The third-order valence-corrected chi connectivity index (χ3v) is 12.0. The number of hydrogen-bond donors (Lipinski definition) is 9. The second-order valence-corrected chi connectivity index (χ2v) is 17.6. The Hall–Kier alpha value is -7.16. The van der Waals surface area contributed by atoms with Crippen molar-refractivity contribution >= 4 is 113 Å². The first-order chi connectivity index (χ1) is 33.8. The van der Waals surface area contributed by atoms with E-state index >= 15 is 0 Å². The number of aromatic hydroxyl groups is 1. The Morgan fingerprint density at radius 3 is 1.85 bits per heavy atom. The molecule has 0 fully saturated rings. The molecule has 71 heavy (non-hydrogen) atoms. The van der Waals surface area contributed by atoms with E-state index in [0.29, 0.717) is 17.1 Å². The number of hydrazone groups is 1. The lowest BCUT2D eigenvalue weighted by molar-refractivity contribution is -0.432. The number of rotatable bonds is 23. The maximum atomic E-state index is 13.4. The van der Waals surface area contributed by atoms with E-state index in [-0.39, 0.29) is 75.4 Å². The van der Waals surface area contributed by atoms with Crippen LogP contribution in [0.25, 0.3) is 10.8 Å². The van der Waals surface area contributed by atoms with E-state index in [1.807, 2.05) is 0 Å². The third kappa shape index (κ3) is 12.6. The lowest BCUT2D eigenvalue weighted by Gasteiger charge is -2.14. The summed E-state index contributed by atoms with van der Waals surface area (Å²) in [4.78, 5) is 35.7. The van der Waals surface area contributed by atoms with Crippen LogP contribution in [0.2, 0.25) is 0 Å². The Morgan fingerprint density at radius 2 is 1.28 bits per heavy atom. The highest BCUT2D eigenvalue weighted by molar-refractivity contribution is 7.95. The van der Waals surface area contributed by atoms with Gasteiger partial charge in [0.05, 0.1) is 58.3 Å². The van der Waals surface area contributed by atoms with E-state index in [1.165, 1.54) is 18.2 Å². The fourth-order valence-electron chi connectivity index (χ4n) is 6.04. The number of aliphatic hydroxyl groups excluding tert-OH is 2. The molecule has 0 radical (unpaired) electrons. The molecule has 1 unspecified atom stereocenters. The Kier molecular flexibility index (Phi) is 17.4. The Morgan fingerprint density at radius 1 is 0.690 bits per heavy atom. The molecule has 30 nitrogen and oxygen atoms in total. The SMILES string of the molecule is O=C(O)C1=NN(c2ccc(S(=O)(=O)O)cc2)C(=O)C1N=Nc1ccc2c(O)c(N=Nc3cc(OCCO)c(N=Nc4ccc(SOOO)cc4C(=O)O)cc3OCCO)c(SOOO)cc2c1S(=O)(=O)O. The summed E-state index contributed by atoms with van der Waals surface area (Å²) < 4.78 is 88.8. The topological polar surface area (TPSA) is 447 Å². The first-order valence-corrected chi connectivity index (χ1v) is 23.3. The number of aliphatic carboxylic acids is 1. The van der Waals surface area contributed by atoms with Gasteiger partial charge in [-0.2, -0.15) is 37.2 Å². The Balaban J connectivity index is 1.42. The number of carboxylic acid groups (broad SMARTS) is 2. The number of carbonyl (C=O) groups is 3. The van der Waals surface area contributed by atoms with Gasteiger partial charge in [-0.15, -0.1) is 29.1 Å². The number of nitrogens with zero attached hydrogens (tertiary/aromatic N) is 8. The average molecular weight is 1070 g/mol. The molecule has 374 valence electrons. The number of azo groups is 3. The number of ether oxygens (including phenoxy) is 2. The molecule has 0 aromatic heterocycles. The lowest BCUT2D eigenvalue weighted by atomic mass is 10.1. The van der Waals surface area contributed by atoms with Crippen LogP contribution in [0.4, 0.5) is 34.1 Å². The van der Waals surface area contributed by atoms with E-state index < -0.39 is 100 Å². The largest absolute Gasteiger partial charge is 0.505 e. The number of carboxylic acids is 2. The molecule has 5 aromatic carbocycles. The number of carbonyl (C=O) groups excluding carboxylic acids is 1. The van der Waals surface area contributed by atoms with Gasteiger partial charge in [-0.3, -0.25) is 13.9 Å². The predicted molar refractivity (Wildman–Crippen MR) is 237 cm³/mol. The van der Waals surface area contributed by atoms with Crippen LogP contribution >= 0.6 is 24.1 Å². The third-order valence-electron chi connectivity index (χ3n) is 8.98. The van der Waals surface area contributed by atoms with E-state index in [2.05, 4.69) is 54.5 Å². The predicted octanol–water partition coefficient (Wildman–Crippen LogP) is 6.11. The molecule has 0 saturated heterocycles. The minimum atomic E-state index is -5.40. The number of amides is 1. The Bertz CT molecular complexity index is 3230. The monoisotopic (exact) mass is 1070 g/mol. The quantitative estimate of drug-likeness (QED) is 0.0117. The first-order valence-electron chi connectivity index (χ1n) is 18.9. The zero-order chi connectivity index (χ0) is 51.6. The molecule has 1 amide bonds. The van der Waals surface area contributed by atoms with Crippen molar-refractivity contribution in [3.63, 3.8) is 0 Å². The standard InChI is InChI=1S/C37H30N8O22S4/c46-9-11-62-27-16-26(28(63-12-10-47)15-25(27)40-38-23-7-3-18(68-66-64-54)13-22(23)36(50)51)41-42-30-29(69-67-65-55)14-21-20(33(30)48)6-8-24(34(21)71(59,60)61)39-43-31-32(37(52)53)44-45(35(31)49)17-1-4-19(5-2-17)70(56,57)58/h1-8,13-16,31,46-48,54-55H,9-12H2,(H,50,51)(H,52,53)(H,56,57,58)(H,59,60,61). The van der Waals surface area contributed by atoms with Crippen molar-refractivity contribution in [2.45, 2.75) is 25.6 Å². The zero-order valence-electron chi connectivity index (χ0n) is 34.9. The second-order valence-electron chi connectivity index (χ2n) is 13.4. The molecular weight excluding hydrogens is 1040 g/mol. The number of phenols is 1. The van der Waals surface area contributed by atoms with E-state index in [4.69, 9.17) is 20.0 Å². The molecule has 1 aliphatic rings. The highest BCUT2D eigenvalue weighted by atomic mass is 32.2. The van der Waals surface area contributed by atoms with Crippen LogP contribution in [0.1, 0.15) is 10.4 Å². The van der Waals surface area contributed by atoms with Gasteiger partial charge in [-0.05, 0) is 60.7 Å². The molecule has 0 saturated carbocycles. The van der Waals surface area contributed by atoms with Crippen LogP contribution in [0.5, 0.6) is 17.2 Å². The van der Waals surface area contributed by atoms with Crippen molar-refractivity contribution < 1.29 is 105 Å². The minimum absolute atomic E-state index is 0.115. The summed E-state index contributed by atoms with van der Waals surface area (Å²) in [7, 11) is -10.1. The zero-order valence-corrected chi connectivity index (χ0v) is 38.1. The van der Waals surface area contributed by atoms with Crippen molar-refractivity contribution in [1.29, 1.82) is 0 Å². The van der Waals surface area contributed by atoms with Gasteiger partial charge in [0.1, 0.15) is 58.0 Å². The van der Waals surface area contributed by atoms with Gasteiger partial charge < -0.3 is 35.0 Å². The van der Waals surface area contributed by atoms with Crippen molar-refractivity contribution in [3.05, 3.63) is 78.4 Å². The molecule has 1 heterocycles. The highest BCUT2D eigenvalue weighted by Gasteiger charge is 2.41. The molecule has 9 N–H and O–H groups in total. The summed E-state index contributed by atoms with van der Waals surface area (Å²) in [5.74, 6) is -5.60. The number of fused-ring (bicyclic) bond motifs is 1. The summed E-state index contributed by atoms with van der Waals surface area (Å²) in [6.07, 6.45) is 0. The van der Waals surface area contributed by atoms with Gasteiger partial charge in [-0.25, -0.2) is 20.1 Å². The van der Waals surface area contributed by atoms with Crippen molar-refractivity contribution in [3.8, 4) is 17.2 Å². The normalized spacial score (nSPS) is 14.3. The van der Waals surface area contributed by atoms with Crippen LogP contribution in [0.15, 0.2) is 128 Å².